The Balaban J connectivity index is 2.17. The Morgan fingerprint density at radius 2 is 2.11 bits per heavy atom. The lowest BCUT2D eigenvalue weighted by atomic mass is 10.1. The Hall–Kier alpha value is -1.88. The summed E-state index contributed by atoms with van der Waals surface area (Å²) in [4.78, 5) is 15.6. The zero-order chi connectivity index (χ0) is 14.0. The van der Waals surface area contributed by atoms with E-state index in [1.165, 1.54) is 0 Å². The van der Waals surface area contributed by atoms with Crippen LogP contribution in [0.4, 0.5) is 0 Å². The zero-order valence-electron chi connectivity index (χ0n) is 11.4. The number of para-hydroxylation sites is 2. The highest BCUT2D eigenvalue weighted by Crippen LogP contribution is 2.14. The minimum absolute atomic E-state index is 0.0344. The molecule has 0 aliphatic heterocycles. The number of carbonyl (C=O) groups is 1. The highest BCUT2D eigenvalue weighted by atomic mass is 16.4. The van der Waals surface area contributed by atoms with Gasteiger partial charge in [-0.2, -0.15) is 0 Å². The van der Waals surface area contributed by atoms with E-state index in [0.29, 0.717) is 6.54 Å². The normalized spacial score (nSPS) is 13.1. The fourth-order valence-corrected chi connectivity index (χ4v) is 2.16. The van der Waals surface area contributed by atoms with E-state index < -0.39 is 12.0 Å². The van der Waals surface area contributed by atoms with Crippen molar-refractivity contribution in [2.75, 3.05) is 0 Å². The second-order valence-corrected chi connectivity index (χ2v) is 5.02. The van der Waals surface area contributed by atoms with E-state index in [0.717, 1.165) is 16.9 Å². The van der Waals surface area contributed by atoms with Crippen LogP contribution in [0.3, 0.4) is 0 Å². The molecule has 2 rings (SSSR count). The standard InChI is InChI=1S/C14H19N3O2/c1-9(2)13(14(18)19)15-8-12-16-10-6-4-5-7-11(10)17(12)3/h4-7,9,13,15H,8H2,1-3H3,(H,18,19). The third kappa shape index (κ3) is 2.76. The summed E-state index contributed by atoms with van der Waals surface area (Å²) < 4.78 is 1.99. The summed E-state index contributed by atoms with van der Waals surface area (Å²) in [7, 11) is 1.94. The van der Waals surface area contributed by atoms with Crippen molar-refractivity contribution < 1.29 is 9.90 Å². The first kappa shape index (κ1) is 13.5. The van der Waals surface area contributed by atoms with E-state index in [2.05, 4.69) is 10.3 Å². The van der Waals surface area contributed by atoms with Crippen LogP contribution in [0.25, 0.3) is 11.0 Å². The molecule has 1 atom stereocenters. The van der Waals surface area contributed by atoms with Crippen molar-refractivity contribution in [3.63, 3.8) is 0 Å². The number of carboxylic acids is 1. The summed E-state index contributed by atoms with van der Waals surface area (Å²) in [5, 5.41) is 12.2. The molecule has 1 aromatic heterocycles. The third-order valence-corrected chi connectivity index (χ3v) is 3.29. The van der Waals surface area contributed by atoms with Crippen LogP contribution >= 0.6 is 0 Å². The van der Waals surface area contributed by atoms with Gasteiger partial charge in [0.25, 0.3) is 0 Å². The highest BCUT2D eigenvalue weighted by molar-refractivity contribution is 5.76. The van der Waals surface area contributed by atoms with Crippen molar-refractivity contribution in [1.82, 2.24) is 14.9 Å². The van der Waals surface area contributed by atoms with Crippen LogP contribution in [0, 0.1) is 5.92 Å². The van der Waals surface area contributed by atoms with Gasteiger partial charge in [0.1, 0.15) is 11.9 Å². The SMILES string of the molecule is CC(C)C(NCc1nc2ccccc2n1C)C(=O)O. The van der Waals surface area contributed by atoms with Gasteiger partial charge in [0.2, 0.25) is 0 Å². The van der Waals surface area contributed by atoms with Gasteiger partial charge in [-0.25, -0.2) is 4.98 Å². The maximum absolute atomic E-state index is 11.1. The molecular weight excluding hydrogens is 242 g/mol. The first-order chi connectivity index (χ1) is 9.00. The van der Waals surface area contributed by atoms with Crippen LogP contribution in [0.1, 0.15) is 19.7 Å². The van der Waals surface area contributed by atoms with Gasteiger partial charge >= 0.3 is 5.97 Å². The number of hydrogen-bond acceptors (Lipinski definition) is 3. The first-order valence-corrected chi connectivity index (χ1v) is 6.37. The van der Waals surface area contributed by atoms with Crippen molar-refractivity contribution in [3.05, 3.63) is 30.1 Å². The molecule has 0 bridgehead atoms. The van der Waals surface area contributed by atoms with Crippen molar-refractivity contribution in [2.45, 2.75) is 26.4 Å². The average Bonchev–Trinajstić information content (AvgIpc) is 2.66. The number of nitrogens with one attached hydrogen (secondary N) is 1. The van der Waals surface area contributed by atoms with Crippen LogP contribution in [0.2, 0.25) is 0 Å². The Morgan fingerprint density at radius 3 is 2.68 bits per heavy atom. The number of aryl methyl sites for hydroxylation is 1. The number of rotatable bonds is 5. The quantitative estimate of drug-likeness (QED) is 0.861. The molecule has 5 heteroatoms. The number of nitrogens with zero attached hydrogens (tertiary/aromatic N) is 2. The molecule has 5 nitrogen and oxygen atoms in total. The second kappa shape index (κ2) is 5.40. The lowest BCUT2D eigenvalue weighted by Crippen LogP contribution is -2.40. The van der Waals surface area contributed by atoms with E-state index in [1.54, 1.807) is 0 Å². The first-order valence-electron chi connectivity index (χ1n) is 6.37. The maximum Gasteiger partial charge on any atom is 0.320 e. The van der Waals surface area contributed by atoms with Crippen molar-refractivity contribution in [2.24, 2.45) is 13.0 Å². The number of carboxylic acid groups (broad SMARTS) is 1. The number of aromatic nitrogens is 2. The highest BCUT2D eigenvalue weighted by Gasteiger charge is 2.21. The lowest BCUT2D eigenvalue weighted by Gasteiger charge is -2.17. The second-order valence-electron chi connectivity index (χ2n) is 5.02. The third-order valence-electron chi connectivity index (χ3n) is 3.29. The fourth-order valence-electron chi connectivity index (χ4n) is 2.16. The molecule has 0 saturated carbocycles. The monoisotopic (exact) mass is 261 g/mol. The maximum atomic E-state index is 11.1. The molecule has 1 heterocycles. The van der Waals surface area contributed by atoms with Crippen molar-refractivity contribution in [3.8, 4) is 0 Å². The van der Waals surface area contributed by atoms with Gasteiger partial charge in [-0.15, -0.1) is 0 Å². The van der Waals surface area contributed by atoms with E-state index >= 15 is 0 Å². The summed E-state index contributed by atoms with van der Waals surface area (Å²) in [6.45, 7) is 4.22. The van der Waals surface area contributed by atoms with E-state index in [1.807, 2.05) is 49.7 Å². The van der Waals surface area contributed by atoms with Gasteiger partial charge in [-0.05, 0) is 18.1 Å². The number of hydrogen-bond donors (Lipinski definition) is 2. The Morgan fingerprint density at radius 1 is 1.42 bits per heavy atom. The van der Waals surface area contributed by atoms with Crippen molar-refractivity contribution >= 4 is 17.0 Å². The van der Waals surface area contributed by atoms with Crippen molar-refractivity contribution in [1.29, 1.82) is 0 Å². The summed E-state index contributed by atoms with van der Waals surface area (Å²) in [5.41, 5.74) is 1.98. The molecule has 0 spiro atoms. The molecule has 0 fully saturated rings. The molecule has 2 aromatic rings. The van der Waals surface area contributed by atoms with Crippen LogP contribution in [0.5, 0.6) is 0 Å². The van der Waals surface area contributed by atoms with Crippen LogP contribution in [-0.2, 0) is 18.4 Å². The van der Waals surface area contributed by atoms with Gasteiger partial charge in [-0.1, -0.05) is 26.0 Å². The van der Waals surface area contributed by atoms with E-state index in [4.69, 9.17) is 5.11 Å². The van der Waals surface area contributed by atoms with Crippen LogP contribution in [0.15, 0.2) is 24.3 Å². The Bertz CT molecular complexity index is 589. The average molecular weight is 261 g/mol. The van der Waals surface area contributed by atoms with Crippen LogP contribution < -0.4 is 5.32 Å². The topological polar surface area (TPSA) is 67.2 Å². The number of imidazole rings is 1. The Kier molecular flexibility index (Phi) is 3.85. The zero-order valence-corrected chi connectivity index (χ0v) is 11.4. The summed E-state index contributed by atoms with van der Waals surface area (Å²) in [5.74, 6) is 0.0500. The fraction of sp³-hybridized carbons (Fsp3) is 0.429. The number of benzene rings is 1. The Labute approximate surface area is 112 Å². The summed E-state index contributed by atoms with van der Waals surface area (Å²) >= 11 is 0. The van der Waals surface area contributed by atoms with Gasteiger partial charge in [-0.3, -0.25) is 10.1 Å². The largest absolute Gasteiger partial charge is 0.480 e. The minimum atomic E-state index is -0.825. The molecule has 19 heavy (non-hydrogen) atoms. The molecule has 1 aromatic carbocycles. The van der Waals surface area contributed by atoms with Gasteiger partial charge < -0.3 is 9.67 Å². The molecule has 0 radical (unpaired) electrons. The predicted molar refractivity (Wildman–Crippen MR) is 73.8 cm³/mol. The number of fused-ring (bicyclic) bond motifs is 1. The lowest BCUT2D eigenvalue weighted by molar-refractivity contribution is -0.140. The molecule has 0 amide bonds. The minimum Gasteiger partial charge on any atom is -0.480 e. The van der Waals surface area contributed by atoms with Crippen LogP contribution in [-0.4, -0.2) is 26.7 Å². The molecule has 0 aliphatic carbocycles. The van der Waals surface area contributed by atoms with Gasteiger partial charge in [0, 0.05) is 7.05 Å². The summed E-state index contributed by atoms with van der Waals surface area (Å²) in [6, 6.07) is 7.31. The van der Waals surface area contributed by atoms with Gasteiger partial charge in [0.15, 0.2) is 0 Å². The summed E-state index contributed by atoms with van der Waals surface area (Å²) in [6.07, 6.45) is 0. The number of aliphatic carboxylic acids is 1. The molecule has 0 aliphatic rings. The van der Waals surface area contributed by atoms with E-state index in [9.17, 15) is 4.79 Å². The molecule has 102 valence electrons. The van der Waals surface area contributed by atoms with E-state index in [-0.39, 0.29) is 5.92 Å². The molecular formula is C14H19N3O2. The molecule has 0 saturated heterocycles. The molecule has 2 N–H and O–H groups in total. The smallest absolute Gasteiger partial charge is 0.320 e. The van der Waals surface area contributed by atoms with Gasteiger partial charge in [0.05, 0.1) is 17.6 Å². The predicted octanol–water partition coefficient (Wildman–Crippen LogP) is 1.77. The molecule has 1 unspecified atom stereocenters.